The van der Waals surface area contributed by atoms with E-state index < -0.39 is 23.3 Å². The summed E-state index contributed by atoms with van der Waals surface area (Å²) in [4.78, 5) is 11.9. The van der Waals surface area contributed by atoms with Gasteiger partial charge in [0.15, 0.2) is 5.78 Å². The second-order valence-electron chi connectivity index (χ2n) is 4.31. The van der Waals surface area contributed by atoms with Gasteiger partial charge in [-0.1, -0.05) is 30.3 Å². The van der Waals surface area contributed by atoms with E-state index in [4.69, 9.17) is 0 Å². The van der Waals surface area contributed by atoms with Crippen LogP contribution in [0.4, 0.5) is 17.6 Å². The maximum atomic E-state index is 13.0. The summed E-state index contributed by atoms with van der Waals surface area (Å²) < 4.78 is 50.6. The number of hydrogen-bond donors (Lipinski definition) is 0. The summed E-state index contributed by atoms with van der Waals surface area (Å²) in [6.45, 7) is 0. The van der Waals surface area contributed by atoms with Crippen molar-refractivity contribution in [1.82, 2.24) is 0 Å². The third kappa shape index (κ3) is 3.44. The van der Waals surface area contributed by atoms with Gasteiger partial charge in [-0.05, 0) is 23.8 Å². The number of carbonyl (C=O) groups is 1. The predicted octanol–water partition coefficient (Wildman–Crippen LogP) is 4.27. The quantitative estimate of drug-likeness (QED) is 0.607. The number of halogens is 4. The van der Waals surface area contributed by atoms with E-state index in [1.54, 1.807) is 0 Å². The van der Waals surface area contributed by atoms with Crippen molar-refractivity contribution >= 4 is 5.78 Å². The molecular formula is C15H10F4O. The highest BCUT2D eigenvalue weighted by atomic mass is 19.4. The number of rotatable bonds is 3. The van der Waals surface area contributed by atoms with Gasteiger partial charge in [0.05, 0.1) is 5.56 Å². The molecule has 104 valence electrons. The molecule has 0 aromatic heterocycles. The molecule has 0 fully saturated rings. The van der Waals surface area contributed by atoms with E-state index in [2.05, 4.69) is 0 Å². The van der Waals surface area contributed by atoms with Gasteiger partial charge in [0.2, 0.25) is 0 Å². The monoisotopic (exact) mass is 282 g/mol. The van der Waals surface area contributed by atoms with Gasteiger partial charge in [-0.3, -0.25) is 4.79 Å². The smallest absolute Gasteiger partial charge is 0.294 e. The molecule has 0 N–H and O–H groups in total. The molecule has 20 heavy (non-hydrogen) atoms. The van der Waals surface area contributed by atoms with Crippen molar-refractivity contribution < 1.29 is 22.4 Å². The van der Waals surface area contributed by atoms with Gasteiger partial charge in [0.1, 0.15) is 5.82 Å². The van der Waals surface area contributed by atoms with Crippen LogP contribution in [0.5, 0.6) is 0 Å². The first-order valence-electron chi connectivity index (χ1n) is 5.81. The second-order valence-corrected chi connectivity index (χ2v) is 4.31. The molecule has 0 aliphatic carbocycles. The summed E-state index contributed by atoms with van der Waals surface area (Å²) in [6, 6.07) is 9.63. The summed E-state index contributed by atoms with van der Waals surface area (Å²) >= 11 is 0. The largest absolute Gasteiger partial charge is 0.416 e. The molecular weight excluding hydrogens is 272 g/mol. The first-order valence-corrected chi connectivity index (χ1v) is 5.81. The minimum absolute atomic E-state index is 0.141. The zero-order valence-electron chi connectivity index (χ0n) is 10.2. The Morgan fingerprint density at radius 1 is 1.00 bits per heavy atom. The van der Waals surface area contributed by atoms with Crippen molar-refractivity contribution in [2.45, 2.75) is 12.6 Å². The molecule has 0 spiro atoms. The predicted molar refractivity (Wildman–Crippen MR) is 65.9 cm³/mol. The van der Waals surface area contributed by atoms with E-state index in [0.717, 1.165) is 18.2 Å². The average Bonchev–Trinajstić information content (AvgIpc) is 2.38. The molecule has 0 radical (unpaired) electrons. The van der Waals surface area contributed by atoms with Crippen molar-refractivity contribution in [3.8, 4) is 0 Å². The SMILES string of the molecule is O=C(Cc1cccc(C(F)(F)F)c1)c1cccc(F)c1. The van der Waals surface area contributed by atoms with E-state index >= 15 is 0 Å². The zero-order chi connectivity index (χ0) is 14.8. The topological polar surface area (TPSA) is 17.1 Å². The van der Waals surface area contributed by atoms with Crippen LogP contribution in [0.1, 0.15) is 21.5 Å². The highest BCUT2D eigenvalue weighted by Crippen LogP contribution is 2.29. The fourth-order valence-corrected chi connectivity index (χ4v) is 1.81. The van der Waals surface area contributed by atoms with Crippen LogP contribution in [0.15, 0.2) is 48.5 Å². The van der Waals surface area contributed by atoms with Crippen LogP contribution in [0.25, 0.3) is 0 Å². The Morgan fingerprint density at radius 3 is 2.35 bits per heavy atom. The van der Waals surface area contributed by atoms with Crippen LogP contribution >= 0.6 is 0 Å². The van der Waals surface area contributed by atoms with Crippen LogP contribution in [0, 0.1) is 5.82 Å². The Labute approximate surface area is 112 Å². The first-order chi connectivity index (χ1) is 9.36. The zero-order valence-corrected chi connectivity index (χ0v) is 10.2. The molecule has 1 nitrogen and oxygen atoms in total. The molecule has 0 aliphatic heterocycles. The number of Topliss-reactive ketones (excluding diaryl/α,β-unsaturated/α-hetero) is 1. The van der Waals surface area contributed by atoms with Crippen LogP contribution in [-0.4, -0.2) is 5.78 Å². The number of alkyl halides is 3. The Bertz CT molecular complexity index is 632. The summed E-state index contributed by atoms with van der Waals surface area (Å²) in [7, 11) is 0. The molecule has 0 heterocycles. The van der Waals surface area contributed by atoms with E-state index in [9.17, 15) is 22.4 Å². The number of hydrogen-bond acceptors (Lipinski definition) is 1. The molecule has 5 heteroatoms. The standard InChI is InChI=1S/C15H10F4O/c16-13-6-2-4-11(9-13)14(20)8-10-3-1-5-12(7-10)15(17,18)19/h1-7,9H,8H2. The van der Waals surface area contributed by atoms with E-state index in [1.807, 2.05) is 0 Å². The van der Waals surface area contributed by atoms with Crippen molar-refractivity contribution in [2.75, 3.05) is 0 Å². The van der Waals surface area contributed by atoms with Gasteiger partial charge in [0, 0.05) is 12.0 Å². The molecule has 0 bridgehead atoms. The van der Waals surface area contributed by atoms with Crippen LogP contribution in [-0.2, 0) is 12.6 Å². The molecule has 0 saturated carbocycles. The van der Waals surface area contributed by atoms with Crippen LogP contribution in [0.3, 0.4) is 0 Å². The summed E-state index contributed by atoms with van der Waals surface area (Å²) in [6.07, 6.45) is -4.65. The third-order valence-corrected chi connectivity index (χ3v) is 2.77. The summed E-state index contributed by atoms with van der Waals surface area (Å²) in [5.41, 5.74) is -0.418. The fraction of sp³-hybridized carbons (Fsp3) is 0.133. The van der Waals surface area contributed by atoms with Crippen LogP contribution in [0.2, 0.25) is 0 Å². The Kier molecular flexibility index (Phi) is 3.88. The average molecular weight is 282 g/mol. The highest BCUT2D eigenvalue weighted by molar-refractivity contribution is 5.97. The van der Waals surface area contributed by atoms with E-state index in [0.29, 0.717) is 0 Å². The highest BCUT2D eigenvalue weighted by Gasteiger charge is 2.30. The minimum atomic E-state index is -4.45. The van der Waals surface area contributed by atoms with Gasteiger partial charge in [-0.25, -0.2) is 4.39 Å². The lowest BCUT2D eigenvalue weighted by Gasteiger charge is -2.08. The van der Waals surface area contributed by atoms with Gasteiger partial charge in [-0.2, -0.15) is 13.2 Å². The van der Waals surface area contributed by atoms with Crippen molar-refractivity contribution in [3.63, 3.8) is 0 Å². The molecule has 0 saturated heterocycles. The first kappa shape index (κ1) is 14.2. The number of ketones is 1. The van der Waals surface area contributed by atoms with Gasteiger partial charge >= 0.3 is 6.18 Å². The van der Waals surface area contributed by atoms with Crippen molar-refractivity contribution in [3.05, 3.63) is 71.0 Å². The summed E-state index contributed by atoms with van der Waals surface area (Å²) in [5.74, 6) is -0.983. The lowest BCUT2D eigenvalue weighted by atomic mass is 10.0. The maximum Gasteiger partial charge on any atom is 0.416 e. The van der Waals surface area contributed by atoms with Crippen molar-refractivity contribution in [1.29, 1.82) is 0 Å². The lowest BCUT2D eigenvalue weighted by Crippen LogP contribution is -2.08. The van der Waals surface area contributed by atoms with Gasteiger partial charge in [-0.15, -0.1) is 0 Å². The molecule has 2 rings (SSSR count). The minimum Gasteiger partial charge on any atom is -0.294 e. The number of benzene rings is 2. The Morgan fingerprint density at radius 2 is 1.70 bits per heavy atom. The number of carbonyl (C=O) groups excluding carboxylic acids is 1. The van der Waals surface area contributed by atoms with Crippen molar-refractivity contribution in [2.24, 2.45) is 0 Å². The molecule has 0 atom stereocenters. The van der Waals surface area contributed by atoms with Gasteiger partial charge < -0.3 is 0 Å². The Balaban J connectivity index is 2.20. The molecule has 0 aliphatic rings. The fourth-order valence-electron chi connectivity index (χ4n) is 1.81. The van der Waals surface area contributed by atoms with E-state index in [-0.39, 0.29) is 17.5 Å². The molecule has 0 amide bonds. The lowest BCUT2D eigenvalue weighted by molar-refractivity contribution is -0.137. The summed E-state index contributed by atoms with van der Waals surface area (Å²) in [5, 5.41) is 0. The van der Waals surface area contributed by atoms with Gasteiger partial charge in [0.25, 0.3) is 0 Å². The molecule has 2 aromatic rings. The Hall–Kier alpha value is -2.17. The molecule has 2 aromatic carbocycles. The second kappa shape index (κ2) is 5.45. The third-order valence-electron chi connectivity index (χ3n) is 2.77. The maximum absolute atomic E-state index is 13.0. The normalized spacial score (nSPS) is 11.4. The van der Waals surface area contributed by atoms with E-state index in [1.165, 1.54) is 30.3 Å². The molecule has 0 unspecified atom stereocenters. The van der Waals surface area contributed by atoms with Crippen LogP contribution < -0.4 is 0 Å².